The average Bonchev–Trinajstić information content (AvgIpc) is 2.62. The molecule has 1 aliphatic rings. The van der Waals surface area contributed by atoms with Gasteiger partial charge in [-0.1, -0.05) is 12.1 Å². The van der Waals surface area contributed by atoms with Crippen LogP contribution >= 0.6 is 0 Å². The molecule has 0 unspecified atom stereocenters. The third kappa shape index (κ3) is 3.53. The van der Waals surface area contributed by atoms with E-state index in [1.54, 1.807) is 29.2 Å². The highest BCUT2D eigenvalue weighted by Gasteiger charge is 2.23. The highest BCUT2D eigenvalue weighted by molar-refractivity contribution is 5.88. The summed E-state index contributed by atoms with van der Waals surface area (Å²) < 4.78 is 18.8. The molecule has 1 N–H and O–H groups in total. The van der Waals surface area contributed by atoms with E-state index in [2.05, 4.69) is 15.3 Å². The molecule has 1 saturated heterocycles. The summed E-state index contributed by atoms with van der Waals surface area (Å²) in [4.78, 5) is 23.8. The average molecular weight is 331 g/mol. The number of aromatic nitrogens is 2. The second kappa shape index (κ2) is 7.12. The zero-order valence-corrected chi connectivity index (χ0v) is 13.3. The first kappa shape index (κ1) is 16.0. The quantitative estimate of drug-likeness (QED) is 0.931. The summed E-state index contributed by atoms with van der Waals surface area (Å²) in [5.41, 5.74) is 0.568. The Hall–Kier alpha value is -2.90. The SMILES string of the molecule is COc1cc(NC(=O)N2CCN(c3ccccc3F)CC2)ncn1. The maximum Gasteiger partial charge on any atom is 0.323 e. The molecule has 0 saturated carbocycles. The van der Waals surface area contributed by atoms with Crippen molar-refractivity contribution in [1.29, 1.82) is 0 Å². The van der Waals surface area contributed by atoms with E-state index in [1.165, 1.54) is 19.5 Å². The number of urea groups is 1. The Balaban J connectivity index is 1.58. The lowest BCUT2D eigenvalue weighted by Gasteiger charge is -2.36. The summed E-state index contributed by atoms with van der Waals surface area (Å²) in [5, 5.41) is 2.72. The van der Waals surface area contributed by atoms with E-state index < -0.39 is 0 Å². The number of piperazine rings is 1. The molecule has 0 radical (unpaired) electrons. The second-order valence-corrected chi connectivity index (χ2v) is 5.30. The maximum atomic E-state index is 13.8. The van der Waals surface area contributed by atoms with Gasteiger partial charge in [-0.2, -0.15) is 0 Å². The lowest BCUT2D eigenvalue weighted by atomic mass is 10.2. The standard InChI is InChI=1S/C16H18FN5O2/c1-24-15-10-14(18-11-19-15)20-16(23)22-8-6-21(7-9-22)13-5-3-2-4-12(13)17/h2-5,10-11H,6-9H2,1H3,(H,18,19,20,23). The molecule has 3 rings (SSSR count). The molecule has 1 aromatic carbocycles. The summed E-state index contributed by atoms with van der Waals surface area (Å²) in [6.07, 6.45) is 1.32. The van der Waals surface area contributed by atoms with Gasteiger partial charge in [-0.05, 0) is 12.1 Å². The van der Waals surface area contributed by atoms with Crippen LogP contribution in [-0.4, -0.2) is 54.2 Å². The number of benzene rings is 1. The fourth-order valence-corrected chi connectivity index (χ4v) is 2.57. The maximum absolute atomic E-state index is 13.8. The third-order valence-corrected chi connectivity index (χ3v) is 3.85. The number of nitrogens with one attached hydrogen (secondary N) is 1. The van der Waals surface area contributed by atoms with Gasteiger partial charge in [0.25, 0.3) is 0 Å². The van der Waals surface area contributed by atoms with Crippen molar-refractivity contribution in [2.45, 2.75) is 0 Å². The fourth-order valence-electron chi connectivity index (χ4n) is 2.57. The molecule has 0 aliphatic carbocycles. The van der Waals surface area contributed by atoms with Crippen molar-refractivity contribution < 1.29 is 13.9 Å². The Kier molecular flexibility index (Phi) is 4.74. The molecule has 1 aliphatic heterocycles. The molecule has 2 amide bonds. The first-order valence-electron chi connectivity index (χ1n) is 7.59. The number of halogens is 1. The lowest BCUT2D eigenvalue weighted by molar-refractivity contribution is 0.208. The van der Waals surface area contributed by atoms with Gasteiger partial charge in [0.15, 0.2) is 0 Å². The number of ether oxygens (including phenoxy) is 1. The van der Waals surface area contributed by atoms with Gasteiger partial charge in [-0.25, -0.2) is 19.2 Å². The van der Waals surface area contributed by atoms with E-state index in [1.807, 2.05) is 4.90 Å². The molecule has 8 heteroatoms. The highest BCUT2D eigenvalue weighted by Crippen LogP contribution is 2.20. The molecule has 0 spiro atoms. The predicted octanol–water partition coefficient (Wildman–Crippen LogP) is 1.98. The van der Waals surface area contributed by atoms with Crippen molar-refractivity contribution in [1.82, 2.24) is 14.9 Å². The summed E-state index contributed by atoms with van der Waals surface area (Å²) in [5.74, 6) is 0.511. The predicted molar refractivity (Wildman–Crippen MR) is 87.8 cm³/mol. The number of rotatable bonds is 3. The fraction of sp³-hybridized carbons (Fsp3) is 0.312. The molecule has 0 atom stereocenters. The first-order valence-corrected chi connectivity index (χ1v) is 7.59. The smallest absolute Gasteiger partial charge is 0.323 e. The zero-order valence-electron chi connectivity index (χ0n) is 13.3. The van der Waals surface area contributed by atoms with Crippen molar-refractivity contribution in [3.63, 3.8) is 0 Å². The number of carbonyl (C=O) groups excluding carboxylic acids is 1. The molecule has 126 valence electrons. The van der Waals surface area contributed by atoms with Gasteiger partial charge in [0, 0.05) is 32.2 Å². The van der Waals surface area contributed by atoms with E-state index in [-0.39, 0.29) is 11.8 Å². The number of hydrogen-bond acceptors (Lipinski definition) is 5. The Morgan fingerprint density at radius 2 is 1.96 bits per heavy atom. The van der Waals surface area contributed by atoms with Crippen molar-refractivity contribution in [3.8, 4) is 5.88 Å². The minimum Gasteiger partial charge on any atom is -0.481 e. The Morgan fingerprint density at radius 3 is 2.67 bits per heavy atom. The molecule has 24 heavy (non-hydrogen) atoms. The van der Waals surface area contributed by atoms with E-state index in [9.17, 15) is 9.18 Å². The summed E-state index contributed by atoms with van der Waals surface area (Å²) in [7, 11) is 1.50. The Bertz CT molecular complexity index is 719. The van der Waals surface area contributed by atoms with Crippen LogP contribution in [0.3, 0.4) is 0 Å². The zero-order chi connectivity index (χ0) is 16.9. The van der Waals surface area contributed by atoms with Gasteiger partial charge in [0.2, 0.25) is 5.88 Å². The Labute approximate surface area is 139 Å². The van der Waals surface area contributed by atoms with Crippen LogP contribution in [0.1, 0.15) is 0 Å². The van der Waals surface area contributed by atoms with Crippen LogP contribution in [0.5, 0.6) is 5.88 Å². The van der Waals surface area contributed by atoms with Gasteiger partial charge in [0.1, 0.15) is 18.0 Å². The van der Waals surface area contributed by atoms with Crippen LogP contribution in [0.4, 0.5) is 20.7 Å². The molecule has 1 fully saturated rings. The van der Waals surface area contributed by atoms with Gasteiger partial charge < -0.3 is 14.5 Å². The summed E-state index contributed by atoms with van der Waals surface area (Å²) in [6.45, 7) is 2.15. The topological polar surface area (TPSA) is 70.6 Å². The van der Waals surface area contributed by atoms with Crippen molar-refractivity contribution in [3.05, 3.63) is 42.5 Å². The number of amides is 2. The monoisotopic (exact) mass is 331 g/mol. The van der Waals surface area contributed by atoms with Crippen LogP contribution < -0.4 is 15.0 Å². The molecule has 7 nitrogen and oxygen atoms in total. The Morgan fingerprint density at radius 1 is 1.21 bits per heavy atom. The van der Waals surface area contributed by atoms with Gasteiger partial charge in [-0.3, -0.25) is 5.32 Å². The van der Waals surface area contributed by atoms with Crippen molar-refractivity contribution >= 4 is 17.5 Å². The number of nitrogens with zero attached hydrogens (tertiary/aromatic N) is 4. The van der Waals surface area contributed by atoms with Gasteiger partial charge in [-0.15, -0.1) is 0 Å². The summed E-state index contributed by atoms with van der Waals surface area (Å²) in [6, 6.07) is 7.96. The molecule has 0 bridgehead atoms. The minimum atomic E-state index is -0.247. The van der Waals surface area contributed by atoms with Crippen molar-refractivity contribution in [2.75, 3.05) is 43.5 Å². The van der Waals surface area contributed by atoms with E-state index in [0.717, 1.165) is 0 Å². The summed E-state index contributed by atoms with van der Waals surface area (Å²) >= 11 is 0. The van der Waals surface area contributed by atoms with Crippen LogP contribution in [0.2, 0.25) is 0 Å². The largest absolute Gasteiger partial charge is 0.481 e. The van der Waals surface area contributed by atoms with Gasteiger partial charge in [0.05, 0.1) is 12.8 Å². The molecular weight excluding hydrogens is 313 g/mol. The molecule has 1 aromatic heterocycles. The van der Waals surface area contributed by atoms with Crippen LogP contribution in [0.15, 0.2) is 36.7 Å². The van der Waals surface area contributed by atoms with Crippen LogP contribution in [-0.2, 0) is 0 Å². The van der Waals surface area contributed by atoms with E-state index in [4.69, 9.17) is 4.74 Å². The number of carbonyl (C=O) groups is 1. The van der Waals surface area contributed by atoms with E-state index >= 15 is 0 Å². The second-order valence-electron chi connectivity index (χ2n) is 5.30. The third-order valence-electron chi connectivity index (χ3n) is 3.85. The number of para-hydroxylation sites is 1. The molecule has 2 heterocycles. The number of hydrogen-bond donors (Lipinski definition) is 1. The van der Waals surface area contributed by atoms with Crippen LogP contribution in [0.25, 0.3) is 0 Å². The normalized spacial score (nSPS) is 14.4. The minimum absolute atomic E-state index is 0.246. The first-order chi connectivity index (χ1) is 11.7. The van der Waals surface area contributed by atoms with Crippen molar-refractivity contribution in [2.24, 2.45) is 0 Å². The number of methoxy groups -OCH3 is 1. The van der Waals surface area contributed by atoms with Crippen LogP contribution in [0, 0.1) is 5.82 Å². The lowest BCUT2D eigenvalue weighted by Crippen LogP contribution is -2.50. The van der Waals surface area contributed by atoms with Gasteiger partial charge >= 0.3 is 6.03 Å². The highest BCUT2D eigenvalue weighted by atomic mass is 19.1. The number of anilines is 2. The van der Waals surface area contributed by atoms with E-state index in [0.29, 0.717) is 43.6 Å². The molecular formula is C16H18FN5O2. The molecule has 2 aromatic rings.